The van der Waals surface area contributed by atoms with E-state index in [2.05, 4.69) is 9.44 Å². The SMILES string of the molecule is CC(CCO)CNS(=O)(=O)NC(C)(C)C. The average molecular weight is 238 g/mol. The zero-order chi connectivity index (χ0) is 12.1. The zero-order valence-corrected chi connectivity index (χ0v) is 10.7. The average Bonchev–Trinajstić information content (AvgIpc) is 1.97. The summed E-state index contributed by atoms with van der Waals surface area (Å²) < 4.78 is 27.9. The van der Waals surface area contributed by atoms with Gasteiger partial charge in [-0.2, -0.15) is 13.1 Å². The monoisotopic (exact) mass is 238 g/mol. The number of aliphatic hydroxyl groups is 1. The normalized spacial score (nSPS) is 15.3. The van der Waals surface area contributed by atoms with Gasteiger partial charge in [0.25, 0.3) is 10.2 Å². The van der Waals surface area contributed by atoms with Crippen LogP contribution in [0.25, 0.3) is 0 Å². The van der Waals surface area contributed by atoms with Gasteiger partial charge in [0.2, 0.25) is 0 Å². The van der Waals surface area contributed by atoms with Crippen molar-refractivity contribution in [1.29, 1.82) is 0 Å². The Bertz CT molecular complexity index is 270. The van der Waals surface area contributed by atoms with E-state index in [0.29, 0.717) is 13.0 Å². The second-order valence-electron chi connectivity index (χ2n) is 4.82. The van der Waals surface area contributed by atoms with Crippen molar-refractivity contribution in [3.63, 3.8) is 0 Å². The molecule has 0 bridgehead atoms. The lowest BCUT2D eigenvalue weighted by Gasteiger charge is -2.21. The van der Waals surface area contributed by atoms with Crippen LogP contribution in [-0.2, 0) is 10.2 Å². The fourth-order valence-corrected chi connectivity index (χ4v) is 2.40. The van der Waals surface area contributed by atoms with Gasteiger partial charge in [0, 0.05) is 18.7 Å². The molecule has 0 rings (SSSR count). The van der Waals surface area contributed by atoms with Gasteiger partial charge in [0.15, 0.2) is 0 Å². The molecule has 0 aromatic carbocycles. The number of rotatable bonds is 6. The van der Waals surface area contributed by atoms with Crippen LogP contribution in [0, 0.1) is 5.92 Å². The van der Waals surface area contributed by atoms with Crippen molar-refractivity contribution in [3.05, 3.63) is 0 Å². The number of nitrogens with one attached hydrogen (secondary N) is 2. The lowest BCUT2D eigenvalue weighted by Crippen LogP contribution is -2.47. The van der Waals surface area contributed by atoms with Crippen molar-refractivity contribution in [3.8, 4) is 0 Å². The summed E-state index contributed by atoms with van der Waals surface area (Å²) >= 11 is 0. The van der Waals surface area contributed by atoms with Gasteiger partial charge in [-0.15, -0.1) is 0 Å². The second kappa shape index (κ2) is 5.79. The summed E-state index contributed by atoms with van der Waals surface area (Å²) in [5, 5.41) is 8.66. The van der Waals surface area contributed by atoms with Crippen molar-refractivity contribution in [2.24, 2.45) is 5.92 Å². The quantitative estimate of drug-likeness (QED) is 0.620. The van der Waals surface area contributed by atoms with Gasteiger partial charge >= 0.3 is 0 Å². The number of aliphatic hydroxyl groups excluding tert-OH is 1. The molecule has 0 amide bonds. The molecule has 1 atom stereocenters. The van der Waals surface area contributed by atoms with E-state index in [9.17, 15) is 8.42 Å². The predicted molar refractivity (Wildman–Crippen MR) is 60.7 cm³/mol. The lowest BCUT2D eigenvalue weighted by atomic mass is 10.1. The molecule has 0 aromatic rings. The van der Waals surface area contributed by atoms with Crippen LogP contribution in [0.3, 0.4) is 0 Å². The topological polar surface area (TPSA) is 78.4 Å². The molecule has 15 heavy (non-hydrogen) atoms. The van der Waals surface area contributed by atoms with Gasteiger partial charge in [-0.1, -0.05) is 6.92 Å². The Morgan fingerprint density at radius 1 is 1.33 bits per heavy atom. The molecule has 0 saturated carbocycles. The molecule has 6 heteroatoms. The highest BCUT2D eigenvalue weighted by atomic mass is 32.2. The highest BCUT2D eigenvalue weighted by molar-refractivity contribution is 7.87. The molecule has 5 nitrogen and oxygen atoms in total. The molecule has 0 heterocycles. The third kappa shape index (κ3) is 8.80. The van der Waals surface area contributed by atoms with Crippen molar-refractivity contribution >= 4 is 10.2 Å². The van der Waals surface area contributed by atoms with Crippen molar-refractivity contribution in [2.45, 2.75) is 39.7 Å². The first-order chi connectivity index (χ1) is 6.66. The Morgan fingerprint density at radius 2 is 1.87 bits per heavy atom. The highest BCUT2D eigenvalue weighted by Gasteiger charge is 2.19. The third-order valence-corrected chi connectivity index (χ3v) is 3.11. The molecular formula is C9H22N2O3S. The fourth-order valence-electron chi connectivity index (χ4n) is 1.01. The van der Waals surface area contributed by atoms with Gasteiger partial charge in [-0.05, 0) is 33.1 Å². The highest BCUT2D eigenvalue weighted by Crippen LogP contribution is 2.02. The minimum atomic E-state index is -3.43. The second-order valence-corrected chi connectivity index (χ2v) is 6.32. The Kier molecular flexibility index (Phi) is 5.72. The summed E-state index contributed by atoms with van der Waals surface area (Å²) in [6.45, 7) is 7.65. The molecule has 0 aliphatic heterocycles. The van der Waals surface area contributed by atoms with Crippen molar-refractivity contribution < 1.29 is 13.5 Å². The van der Waals surface area contributed by atoms with E-state index in [1.807, 2.05) is 6.92 Å². The molecule has 0 saturated heterocycles. The summed E-state index contributed by atoms with van der Waals surface area (Å²) in [6.07, 6.45) is 0.595. The maximum Gasteiger partial charge on any atom is 0.277 e. The van der Waals surface area contributed by atoms with Crippen molar-refractivity contribution in [2.75, 3.05) is 13.2 Å². The molecule has 0 spiro atoms. The molecule has 1 unspecified atom stereocenters. The van der Waals surface area contributed by atoms with E-state index < -0.39 is 15.7 Å². The zero-order valence-electron chi connectivity index (χ0n) is 9.87. The van der Waals surface area contributed by atoms with Gasteiger partial charge < -0.3 is 5.11 Å². The van der Waals surface area contributed by atoms with E-state index in [0.717, 1.165) is 0 Å². The van der Waals surface area contributed by atoms with Gasteiger partial charge in [-0.3, -0.25) is 0 Å². The Labute approximate surface area is 92.4 Å². The predicted octanol–water partition coefficient (Wildman–Crippen LogP) is 0.227. The molecular weight excluding hydrogens is 216 g/mol. The number of hydrogen-bond donors (Lipinski definition) is 3. The largest absolute Gasteiger partial charge is 0.396 e. The molecule has 0 aromatic heterocycles. The van der Waals surface area contributed by atoms with Crippen LogP contribution in [0.5, 0.6) is 0 Å². The molecule has 0 radical (unpaired) electrons. The van der Waals surface area contributed by atoms with E-state index in [1.54, 1.807) is 20.8 Å². The lowest BCUT2D eigenvalue weighted by molar-refractivity contribution is 0.262. The summed E-state index contributed by atoms with van der Waals surface area (Å²) in [5.74, 6) is 0.131. The summed E-state index contributed by atoms with van der Waals surface area (Å²) in [5.41, 5.74) is -0.480. The maximum atomic E-state index is 11.5. The first-order valence-corrected chi connectivity index (χ1v) is 6.54. The molecule has 3 N–H and O–H groups in total. The summed E-state index contributed by atoms with van der Waals surface area (Å²) in [7, 11) is -3.43. The van der Waals surface area contributed by atoms with Gasteiger partial charge in [0.1, 0.15) is 0 Å². The van der Waals surface area contributed by atoms with E-state index >= 15 is 0 Å². The molecule has 92 valence electrons. The standard InChI is InChI=1S/C9H22N2O3S/c1-8(5-6-12)7-10-15(13,14)11-9(2,3)4/h8,10-12H,5-7H2,1-4H3. The Hall–Kier alpha value is -0.170. The van der Waals surface area contributed by atoms with Crippen molar-refractivity contribution in [1.82, 2.24) is 9.44 Å². The van der Waals surface area contributed by atoms with E-state index in [4.69, 9.17) is 5.11 Å². The third-order valence-electron chi connectivity index (χ3n) is 1.68. The Morgan fingerprint density at radius 3 is 2.27 bits per heavy atom. The summed E-state index contributed by atoms with van der Waals surface area (Å²) in [4.78, 5) is 0. The fraction of sp³-hybridized carbons (Fsp3) is 1.00. The van der Waals surface area contributed by atoms with Crippen LogP contribution in [0.1, 0.15) is 34.1 Å². The maximum absolute atomic E-state index is 11.5. The van der Waals surface area contributed by atoms with Gasteiger partial charge in [0.05, 0.1) is 0 Å². The molecule has 0 fully saturated rings. The molecule has 0 aliphatic rings. The van der Waals surface area contributed by atoms with Crippen LogP contribution in [0.15, 0.2) is 0 Å². The van der Waals surface area contributed by atoms with Crippen LogP contribution in [0.2, 0.25) is 0 Å². The smallest absolute Gasteiger partial charge is 0.277 e. The number of hydrogen-bond acceptors (Lipinski definition) is 3. The first-order valence-electron chi connectivity index (χ1n) is 5.06. The van der Waals surface area contributed by atoms with E-state index in [-0.39, 0.29) is 12.5 Å². The van der Waals surface area contributed by atoms with Crippen LogP contribution >= 0.6 is 0 Å². The molecule has 0 aliphatic carbocycles. The van der Waals surface area contributed by atoms with Crippen LogP contribution in [0.4, 0.5) is 0 Å². The van der Waals surface area contributed by atoms with Gasteiger partial charge in [-0.25, -0.2) is 4.72 Å². The minimum absolute atomic E-state index is 0.0790. The van der Waals surface area contributed by atoms with E-state index in [1.165, 1.54) is 0 Å². The Balaban J connectivity index is 4.06. The van der Waals surface area contributed by atoms with Crippen LogP contribution < -0.4 is 9.44 Å². The van der Waals surface area contributed by atoms with Crippen LogP contribution in [-0.4, -0.2) is 32.2 Å². The summed E-state index contributed by atoms with van der Waals surface area (Å²) in [6, 6.07) is 0. The minimum Gasteiger partial charge on any atom is -0.396 e. The first kappa shape index (κ1) is 14.8.